The van der Waals surface area contributed by atoms with Gasteiger partial charge in [-0.1, -0.05) is 28.1 Å². The normalized spacial score (nSPS) is 26.3. The third kappa shape index (κ3) is 1.95. The maximum Gasteiger partial charge on any atom is 0.392 e. The van der Waals surface area contributed by atoms with Gasteiger partial charge >= 0.3 is 6.18 Å². The van der Waals surface area contributed by atoms with Crippen molar-refractivity contribution in [1.82, 2.24) is 0 Å². The van der Waals surface area contributed by atoms with Crippen molar-refractivity contribution < 1.29 is 13.2 Å². The Bertz CT molecular complexity index is 328. The Hall–Kier alpha value is -0.510. The molecule has 0 saturated heterocycles. The van der Waals surface area contributed by atoms with Gasteiger partial charge in [0.2, 0.25) is 0 Å². The molecule has 0 nitrogen and oxygen atoms in total. The molecule has 0 bridgehead atoms. The molecule has 0 aromatic heterocycles. The molecule has 0 radical (unpaired) electrons. The summed E-state index contributed by atoms with van der Waals surface area (Å²) in [5, 5.41) is 0. The lowest BCUT2D eigenvalue weighted by Gasteiger charge is -2.05. The minimum atomic E-state index is -4.03. The van der Waals surface area contributed by atoms with E-state index in [1.165, 1.54) is 0 Å². The molecule has 2 atom stereocenters. The van der Waals surface area contributed by atoms with Crippen LogP contribution in [0, 0.1) is 5.92 Å². The van der Waals surface area contributed by atoms with E-state index >= 15 is 0 Å². The molecule has 14 heavy (non-hydrogen) atoms. The van der Waals surface area contributed by atoms with Crippen LogP contribution >= 0.6 is 15.9 Å². The number of rotatable bonds is 1. The predicted octanol–water partition coefficient (Wildman–Crippen LogP) is 4.11. The zero-order valence-corrected chi connectivity index (χ0v) is 8.77. The molecular weight excluding hydrogens is 257 g/mol. The first-order chi connectivity index (χ1) is 6.48. The van der Waals surface area contributed by atoms with Crippen LogP contribution in [-0.4, -0.2) is 6.18 Å². The van der Waals surface area contributed by atoms with E-state index in [2.05, 4.69) is 15.9 Å². The number of benzene rings is 1. The van der Waals surface area contributed by atoms with Crippen molar-refractivity contribution >= 4 is 15.9 Å². The molecule has 1 unspecified atom stereocenters. The first-order valence-corrected chi connectivity index (χ1v) is 5.10. The van der Waals surface area contributed by atoms with Crippen molar-refractivity contribution in [2.75, 3.05) is 0 Å². The molecule has 4 heteroatoms. The summed E-state index contributed by atoms with van der Waals surface area (Å²) in [6.45, 7) is 0. The van der Waals surface area contributed by atoms with Crippen LogP contribution in [0.2, 0.25) is 0 Å². The summed E-state index contributed by atoms with van der Waals surface area (Å²) in [6, 6.07) is 7.06. The van der Waals surface area contributed by atoms with Crippen molar-refractivity contribution in [3.05, 3.63) is 34.3 Å². The van der Waals surface area contributed by atoms with Gasteiger partial charge < -0.3 is 0 Å². The fourth-order valence-electron chi connectivity index (χ4n) is 1.64. The van der Waals surface area contributed by atoms with Gasteiger partial charge in [-0.15, -0.1) is 0 Å². The molecule has 0 amide bonds. The van der Waals surface area contributed by atoms with Gasteiger partial charge in [0.1, 0.15) is 0 Å². The van der Waals surface area contributed by atoms with Gasteiger partial charge in [0.25, 0.3) is 0 Å². The first-order valence-electron chi connectivity index (χ1n) is 4.30. The quantitative estimate of drug-likeness (QED) is 0.716. The Morgan fingerprint density at radius 1 is 1.14 bits per heavy atom. The molecule has 1 aromatic rings. The fraction of sp³-hybridized carbons (Fsp3) is 0.400. The molecule has 1 aromatic carbocycles. The number of hydrogen-bond donors (Lipinski definition) is 0. The van der Waals surface area contributed by atoms with Crippen molar-refractivity contribution in [2.45, 2.75) is 18.5 Å². The number of hydrogen-bond acceptors (Lipinski definition) is 0. The lowest BCUT2D eigenvalue weighted by atomic mass is 10.1. The lowest BCUT2D eigenvalue weighted by molar-refractivity contribution is -0.148. The fourth-order valence-corrected chi connectivity index (χ4v) is 1.90. The Kier molecular flexibility index (Phi) is 2.33. The highest BCUT2D eigenvalue weighted by Crippen LogP contribution is 2.56. The monoisotopic (exact) mass is 264 g/mol. The SMILES string of the molecule is FC(F)(F)[C@H]1CC1c1ccc(Br)cc1. The van der Waals surface area contributed by atoms with E-state index in [1.54, 1.807) is 24.3 Å². The average molecular weight is 265 g/mol. The van der Waals surface area contributed by atoms with E-state index in [0.29, 0.717) is 0 Å². The molecule has 0 aliphatic heterocycles. The third-order valence-electron chi connectivity index (χ3n) is 2.51. The van der Waals surface area contributed by atoms with Crippen LogP contribution in [0.3, 0.4) is 0 Å². The predicted molar refractivity (Wildman–Crippen MR) is 51.0 cm³/mol. The molecule has 1 saturated carbocycles. The summed E-state index contributed by atoms with van der Waals surface area (Å²) in [5.74, 6) is -1.44. The topological polar surface area (TPSA) is 0 Å². The summed E-state index contributed by atoms with van der Waals surface area (Å²) >= 11 is 3.25. The zero-order chi connectivity index (χ0) is 10.3. The van der Waals surface area contributed by atoms with Gasteiger partial charge in [0.05, 0.1) is 5.92 Å². The Labute approximate surface area is 88.2 Å². The van der Waals surface area contributed by atoms with Crippen LogP contribution in [0.1, 0.15) is 17.9 Å². The van der Waals surface area contributed by atoms with E-state index in [1.807, 2.05) is 0 Å². The summed E-state index contributed by atoms with van der Waals surface area (Å²) in [5.41, 5.74) is 0.788. The Morgan fingerprint density at radius 3 is 2.14 bits per heavy atom. The Balaban J connectivity index is 2.10. The van der Waals surface area contributed by atoms with Crippen LogP contribution in [0.4, 0.5) is 13.2 Å². The largest absolute Gasteiger partial charge is 0.392 e. The highest BCUT2D eigenvalue weighted by Gasteiger charge is 2.55. The van der Waals surface area contributed by atoms with Crippen molar-refractivity contribution in [1.29, 1.82) is 0 Å². The number of halogens is 4. The highest BCUT2D eigenvalue weighted by molar-refractivity contribution is 9.10. The Morgan fingerprint density at radius 2 is 1.71 bits per heavy atom. The third-order valence-corrected chi connectivity index (χ3v) is 3.04. The van der Waals surface area contributed by atoms with Gasteiger partial charge in [0.15, 0.2) is 0 Å². The van der Waals surface area contributed by atoms with Crippen LogP contribution in [0.25, 0.3) is 0 Å². The second kappa shape index (κ2) is 3.26. The van der Waals surface area contributed by atoms with E-state index in [4.69, 9.17) is 0 Å². The van der Waals surface area contributed by atoms with Gasteiger partial charge in [0, 0.05) is 4.47 Å². The van der Waals surface area contributed by atoms with Crippen molar-refractivity contribution in [2.24, 2.45) is 5.92 Å². The van der Waals surface area contributed by atoms with Crippen LogP contribution in [0.5, 0.6) is 0 Å². The molecule has 0 spiro atoms. The standard InChI is InChI=1S/C10H8BrF3/c11-7-3-1-6(2-4-7)8-5-9(8)10(12,13)14/h1-4,8-9H,5H2/t8?,9-/m0/s1. The molecule has 0 heterocycles. The van der Waals surface area contributed by atoms with Crippen molar-refractivity contribution in [3.8, 4) is 0 Å². The van der Waals surface area contributed by atoms with Gasteiger partial charge in [-0.3, -0.25) is 0 Å². The molecular formula is C10H8BrF3. The molecule has 0 N–H and O–H groups in total. The van der Waals surface area contributed by atoms with E-state index < -0.39 is 12.1 Å². The van der Waals surface area contributed by atoms with Crippen LogP contribution < -0.4 is 0 Å². The molecule has 2 rings (SSSR count). The molecule has 76 valence electrons. The van der Waals surface area contributed by atoms with Crippen LogP contribution in [-0.2, 0) is 0 Å². The minimum Gasteiger partial charge on any atom is -0.171 e. The summed E-state index contributed by atoms with van der Waals surface area (Å²) < 4.78 is 37.6. The number of alkyl halides is 3. The average Bonchev–Trinajstić information content (AvgIpc) is 2.83. The maximum atomic E-state index is 12.2. The van der Waals surface area contributed by atoms with Gasteiger partial charge in [-0.05, 0) is 30.0 Å². The minimum absolute atomic E-state index is 0.241. The second-order valence-corrected chi connectivity index (χ2v) is 4.46. The van der Waals surface area contributed by atoms with Crippen molar-refractivity contribution in [3.63, 3.8) is 0 Å². The summed E-state index contributed by atoms with van der Waals surface area (Å²) in [7, 11) is 0. The van der Waals surface area contributed by atoms with E-state index in [0.717, 1.165) is 10.0 Å². The zero-order valence-electron chi connectivity index (χ0n) is 7.18. The van der Waals surface area contributed by atoms with E-state index in [-0.39, 0.29) is 12.3 Å². The molecule has 1 aliphatic rings. The summed E-state index contributed by atoms with van der Waals surface area (Å²) in [4.78, 5) is 0. The molecule has 1 aliphatic carbocycles. The molecule has 1 fully saturated rings. The smallest absolute Gasteiger partial charge is 0.171 e. The lowest BCUT2D eigenvalue weighted by Crippen LogP contribution is -2.11. The van der Waals surface area contributed by atoms with Gasteiger partial charge in [-0.25, -0.2) is 0 Å². The highest BCUT2D eigenvalue weighted by atomic mass is 79.9. The van der Waals surface area contributed by atoms with Gasteiger partial charge in [-0.2, -0.15) is 13.2 Å². The maximum absolute atomic E-state index is 12.2. The summed E-state index contributed by atoms with van der Waals surface area (Å²) in [6.07, 6.45) is -3.79. The van der Waals surface area contributed by atoms with Crippen LogP contribution in [0.15, 0.2) is 28.7 Å². The first kappa shape index (κ1) is 10.0. The van der Waals surface area contributed by atoms with E-state index in [9.17, 15) is 13.2 Å². The second-order valence-electron chi connectivity index (χ2n) is 3.54.